The van der Waals surface area contributed by atoms with Crippen LogP contribution in [-0.2, 0) is 4.74 Å². The minimum absolute atomic E-state index is 0.197. The number of amides is 1. The number of ether oxygens (including phenoxy) is 1. The molecule has 92 valence electrons. The fraction of sp³-hybridized carbons (Fsp3) is 0.909. The number of likely N-dealkylation sites (tertiary alicyclic amines) is 1. The fourth-order valence-corrected chi connectivity index (χ4v) is 1.80. The van der Waals surface area contributed by atoms with Gasteiger partial charge in [-0.15, -0.1) is 0 Å². The molecule has 0 radical (unpaired) electrons. The van der Waals surface area contributed by atoms with Crippen molar-refractivity contribution >= 4 is 6.09 Å². The van der Waals surface area contributed by atoms with Gasteiger partial charge in [0.15, 0.2) is 0 Å². The molecule has 0 aromatic carbocycles. The van der Waals surface area contributed by atoms with E-state index in [-0.39, 0.29) is 6.09 Å². The first-order chi connectivity index (χ1) is 7.44. The average molecular weight is 227 g/mol. The van der Waals surface area contributed by atoms with Crippen molar-refractivity contribution in [2.75, 3.05) is 26.2 Å². The van der Waals surface area contributed by atoms with Crippen molar-refractivity contribution in [3.05, 3.63) is 0 Å². The molecule has 0 atom stereocenters. The zero-order valence-electron chi connectivity index (χ0n) is 10.2. The zero-order chi connectivity index (χ0) is 11.8. The van der Waals surface area contributed by atoms with E-state index < -0.39 is 5.60 Å². The zero-order valence-corrected chi connectivity index (χ0v) is 10.2. The van der Waals surface area contributed by atoms with Gasteiger partial charge in [0.1, 0.15) is 5.60 Å². The Labute approximate surface area is 96.5 Å². The molecule has 0 spiro atoms. The molecular formula is C11H21N3O2. The van der Waals surface area contributed by atoms with Gasteiger partial charge in [0.25, 0.3) is 0 Å². The lowest BCUT2D eigenvalue weighted by molar-refractivity contribution is 0.00345. The maximum Gasteiger partial charge on any atom is 0.410 e. The van der Waals surface area contributed by atoms with Gasteiger partial charge in [-0.3, -0.25) is 0 Å². The Kier molecular flexibility index (Phi) is 3.08. The topological polar surface area (TPSA) is 53.6 Å². The first-order valence-electron chi connectivity index (χ1n) is 5.89. The summed E-state index contributed by atoms with van der Waals surface area (Å²) in [7, 11) is 0. The second kappa shape index (κ2) is 4.22. The largest absolute Gasteiger partial charge is 0.444 e. The number of hydrogen-bond acceptors (Lipinski definition) is 4. The Bertz CT molecular complexity index is 265. The summed E-state index contributed by atoms with van der Waals surface area (Å²) < 4.78 is 5.28. The van der Waals surface area contributed by atoms with Crippen molar-refractivity contribution in [1.82, 2.24) is 15.5 Å². The fourth-order valence-electron chi connectivity index (χ4n) is 1.80. The van der Waals surface area contributed by atoms with Gasteiger partial charge in [0.05, 0.1) is 0 Å². The van der Waals surface area contributed by atoms with Gasteiger partial charge in [-0.25, -0.2) is 4.79 Å². The van der Waals surface area contributed by atoms with Gasteiger partial charge < -0.3 is 20.3 Å². The molecule has 2 fully saturated rings. The summed E-state index contributed by atoms with van der Waals surface area (Å²) in [4.78, 5) is 13.4. The number of carbonyl (C=O) groups is 1. The monoisotopic (exact) mass is 227 g/mol. The van der Waals surface area contributed by atoms with Crippen LogP contribution < -0.4 is 10.6 Å². The van der Waals surface area contributed by atoms with Crippen LogP contribution in [0.4, 0.5) is 4.79 Å². The van der Waals surface area contributed by atoms with E-state index in [0.29, 0.717) is 12.1 Å². The molecule has 5 nitrogen and oxygen atoms in total. The third-order valence-electron chi connectivity index (χ3n) is 2.79. The first kappa shape index (κ1) is 11.7. The Balaban J connectivity index is 1.65. The van der Waals surface area contributed by atoms with E-state index in [1.165, 1.54) is 0 Å². The van der Waals surface area contributed by atoms with Crippen LogP contribution in [0.15, 0.2) is 0 Å². The number of hydrogen-bond donors (Lipinski definition) is 2. The van der Waals surface area contributed by atoms with Crippen molar-refractivity contribution in [3.8, 4) is 0 Å². The van der Waals surface area contributed by atoms with Crippen LogP contribution in [0.1, 0.15) is 20.8 Å². The molecule has 0 saturated carbocycles. The lowest BCUT2D eigenvalue weighted by Gasteiger charge is -2.43. The van der Waals surface area contributed by atoms with Crippen molar-refractivity contribution in [2.45, 2.75) is 38.5 Å². The quantitative estimate of drug-likeness (QED) is 0.706. The predicted molar refractivity (Wildman–Crippen MR) is 61.4 cm³/mol. The molecule has 2 aliphatic heterocycles. The number of rotatable bonds is 2. The smallest absolute Gasteiger partial charge is 0.410 e. The van der Waals surface area contributed by atoms with Crippen LogP contribution >= 0.6 is 0 Å². The van der Waals surface area contributed by atoms with Crippen LogP contribution in [0.25, 0.3) is 0 Å². The minimum atomic E-state index is -0.395. The predicted octanol–water partition coefficient (Wildman–Crippen LogP) is 0.167. The molecule has 0 unspecified atom stereocenters. The molecule has 0 aromatic heterocycles. The highest BCUT2D eigenvalue weighted by atomic mass is 16.6. The normalized spacial score (nSPS) is 22.6. The summed E-state index contributed by atoms with van der Waals surface area (Å²) in [6.45, 7) is 9.30. The van der Waals surface area contributed by atoms with E-state index in [0.717, 1.165) is 26.2 Å². The summed E-state index contributed by atoms with van der Waals surface area (Å²) in [5, 5.41) is 6.70. The van der Waals surface area contributed by atoms with Gasteiger partial charge in [0.2, 0.25) is 0 Å². The lowest BCUT2D eigenvalue weighted by atomic mass is 10.1. The van der Waals surface area contributed by atoms with Crippen LogP contribution in [0, 0.1) is 0 Å². The van der Waals surface area contributed by atoms with Crippen molar-refractivity contribution in [1.29, 1.82) is 0 Å². The summed E-state index contributed by atoms with van der Waals surface area (Å²) in [5.74, 6) is 0. The van der Waals surface area contributed by atoms with Gasteiger partial charge in [-0.1, -0.05) is 0 Å². The molecule has 2 aliphatic rings. The molecule has 2 N–H and O–H groups in total. The molecule has 5 heteroatoms. The summed E-state index contributed by atoms with van der Waals surface area (Å²) in [6, 6.07) is 1.03. The molecule has 0 aliphatic carbocycles. The third-order valence-corrected chi connectivity index (χ3v) is 2.79. The van der Waals surface area contributed by atoms with Crippen LogP contribution in [0.2, 0.25) is 0 Å². The summed E-state index contributed by atoms with van der Waals surface area (Å²) >= 11 is 0. The lowest BCUT2D eigenvalue weighted by Crippen LogP contribution is -2.67. The average Bonchev–Trinajstić information content (AvgIpc) is 1.93. The van der Waals surface area contributed by atoms with Gasteiger partial charge in [-0.2, -0.15) is 0 Å². The highest BCUT2D eigenvalue weighted by Gasteiger charge is 2.35. The molecule has 2 saturated heterocycles. The Morgan fingerprint density at radius 2 is 1.94 bits per heavy atom. The molecule has 0 aromatic rings. The number of nitrogens with one attached hydrogen (secondary N) is 2. The second-order valence-electron chi connectivity index (χ2n) is 5.60. The molecule has 2 heterocycles. The molecule has 2 rings (SSSR count). The van der Waals surface area contributed by atoms with Crippen molar-refractivity contribution in [3.63, 3.8) is 0 Å². The van der Waals surface area contributed by atoms with E-state index in [2.05, 4.69) is 10.6 Å². The molecule has 16 heavy (non-hydrogen) atoms. The van der Waals surface area contributed by atoms with Gasteiger partial charge in [-0.05, 0) is 20.8 Å². The van der Waals surface area contributed by atoms with Crippen molar-refractivity contribution < 1.29 is 9.53 Å². The number of carbonyl (C=O) groups excluding carboxylic acids is 1. The highest BCUT2D eigenvalue weighted by molar-refractivity contribution is 5.69. The SMILES string of the molecule is CC(C)(C)OC(=O)N1CC(NC2CNC2)C1. The van der Waals surface area contributed by atoms with E-state index in [1.54, 1.807) is 4.90 Å². The van der Waals surface area contributed by atoms with Gasteiger partial charge >= 0.3 is 6.09 Å². The third kappa shape index (κ3) is 2.86. The van der Waals surface area contributed by atoms with E-state index in [4.69, 9.17) is 4.74 Å². The van der Waals surface area contributed by atoms with Crippen molar-refractivity contribution in [2.24, 2.45) is 0 Å². The van der Waals surface area contributed by atoms with E-state index in [9.17, 15) is 4.79 Å². The van der Waals surface area contributed by atoms with E-state index in [1.807, 2.05) is 20.8 Å². The molecule has 0 bridgehead atoms. The van der Waals surface area contributed by atoms with Crippen LogP contribution in [-0.4, -0.2) is 54.9 Å². The van der Waals surface area contributed by atoms with Crippen LogP contribution in [0.5, 0.6) is 0 Å². The Hall–Kier alpha value is -0.810. The highest BCUT2D eigenvalue weighted by Crippen LogP contribution is 2.15. The standard InChI is InChI=1S/C11H21N3O2/c1-11(2,3)16-10(15)14-6-9(7-14)13-8-4-12-5-8/h8-9,12-13H,4-7H2,1-3H3. The Morgan fingerprint density at radius 1 is 1.31 bits per heavy atom. The maximum absolute atomic E-state index is 11.6. The molecular weight excluding hydrogens is 206 g/mol. The minimum Gasteiger partial charge on any atom is -0.444 e. The summed E-state index contributed by atoms with van der Waals surface area (Å²) in [6.07, 6.45) is -0.197. The summed E-state index contributed by atoms with van der Waals surface area (Å²) in [5.41, 5.74) is -0.395. The Morgan fingerprint density at radius 3 is 2.38 bits per heavy atom. The number of nitrogens with zero attached hydrogens (tertiary/aromatic N) is 1. The second-order valence-corrected chi connectivity index (χ2v) is 5.60. The molecule has 1 amide bonds. The maximum atomic E-state index is 11.6. The van der Waals surface area contributed by atoms with E-state index >= 15 is 0 Å². The first-order valence-corrected chi connectivity index (χ1v) is 5.89. The van der Waals surface area contributed by atoms with Crippen LogP contribution in [0.3, 0.4) is 0 Å². The van der Waals surface area contributed by atoms with Gasteiger partial charge in [0, 0.05) is 38.3 Å².